The highest BCUT2D eigenvalue weighted by Crippen LogP contribution is 2.88. The first-order chi connectivity index (χ1) is 23.7. The van der Waals surface area contributed by atoms with Crippen LogP contribution in [0, 0.1) is 33.5 Å². The van der Waals surface area contributed by atoms with Crippen LogP contribution in [0.1, 0.15) is 114 Å². The van der Waals surface area contributed by atoms with Gasteiger partial charge >= 0.3 is 6.03 Å². The van der Waals surface area contributed by atoms with Crippen molar-refractivity contribution in [3.8, 4) is 0 Å². The number of likely N-dealkylation sites (tertiary alicyclic amines) is 1. The van der Waals surface area contributed by atoms with Crippen LogP contribution < -0.4 is 27.0 Å². The van der Waals surface area contributed by atoms with Crippen LogP contribution in [0.25, 0.3) is 0 Å². The van der Waals surface area contributed by atoms with E-state index >= 15 is 0 Å². The Morgan fingerprint density at radius 1 is 0.882 bits per heavy atom. The number of Topliss-reactive ketones (excluding diaryl/α,β-unsaturated/α-hetero) is 1. The van der Waals surface area contributed by atoms with Gasteiger partial charge in [0.05, 0.1) is 6.04 Å². The van der Waals surface area contributed by atoms with Crippen LogP contribution in [-0.2, 0) is 24.0 Å². The number of carbonyl (C=O) groups excluding carboxylic acids is 6. The van der Waals surface area contributed by atoms with E-state index < -0.39 is 53.2 Å². The summed E-state index contributed by atoms with van der Waals surface area (Å²) < 4.78 is 0. The lowest BCUT2D eigenvalue weighted by Gasteiger charge is -2.39. The van der Waals surface area contributed by atoms with Crippen molar-refractivity contribution in [2.75, 3.05) is 19.6 Å². The molecular weight excluding hydrogens is 650 g/mol. The average Bonchev–Trinajstić information content (AvgIpc) is 3.20. The molecular formula is C38H63N7O6. The van der Waals surface area contributed by atoms with Crippen molar-refractivity contribution in [2.45, 2.75) is 150 Å². The smallest absolute Gasteiger partial charge is 0.316 e. The minimum atomic E-state index is -1.09. The quantitative estimate of drug-likeness (QED) is 0.204. The number of carbonyl (C=O) groups is 6. The predicted octanol–water partition coefficient (Wildman–Crippen LogP) is 2.46. The van der Waals surface area contributed by atoms with Gasteiger partial charge in [-0.3, -0.25) is 24.0 Å². The molecule has 5 rings (SSSR count). The number of ketones is 1. The molecule has 3 aliphatic carbocycles. The van der Waals surface area contributed by atoms with E-state index in [1.807, 2.05) is 48.5 Å². The summed E-state index contributed by atoms with van der Waals surface area (Å²) in [5, 5.41) is 12.1. The molecule has 0 aromatic heterocycles. The summed E-state index contributed by atoms with van der Waals surface area (Å²) >= 11 is 0. The highest BCUT2D eigenvalue weighted by atomic mass is 16.2. The molecule has 2 aliphatic heterocycles. The van der Waals surface area contributed by atoms with Crippen LogP contribution in [-0.4, -0.2) is 101 Å². The number of hydrogen-bond acceptors (Lipinski definition) is 7. The molecule has 0 aromatic carbocycles. The SMILES string of the molecule is CC(C)[C@H](NC(=O)N[C@H](C(=O)N1C[C@]2(C[C@H]1C(=O)NC(CC1CCC1)C(=O)C(N)=O)C(C)(C)C21CCC1)C(C)(C)C)C(=O)N1C[C@H](C)N[C@@H](C)C1. The van der Waals surface area contributed by atoms with Gasteiger partial charge in [-0.2, -0.15) is 0 Å². The van der Waals surface area contributed by atoms with E-state index in [9.17, 15) is 28.8 Å². The Bertz CT molecular complexity index is 1410. The molecule has 6 N–H and O–H groups in total. The second-order valence-corrected chi connectivity index (χ2v) is 18.5. The van der Waals surface area contributed by atoms with Gasteiger partial charge in [0.1, 0.15) is 18.1 Å². The van der Waals surface area contributed by atoms with Crippen LogP contribution in [0.2, 0.25) is 0 Å². The summed E-state index contributed by atoms with van der Waals surface area (Å²) in [4.78, 5) is 84.8. The number of hydrogen-bond donors (Lipinski definition) is 5. The summed E-state index contributed by atoms with van der Waals surface area (Å²) in [5.41, 5.74) is 4.28. The Balaban J connectivity index is 1.38. The molecule has 7 atom stereocenters. The Kier molecular flexibility index (Phi) is 10.7. The Labute approximate surface area is 303 Å². The van der Waals surface area contributed by atoms with Crippen molar-refractivity contribution >= 4 is 35.4 Å². The monoisotopic (exact) mass is 713 g/mol. The van der Waals surface area contributed by atoms with Crippen molar-refractivity contribution in [1.82, 2.24) is 31.1 Å². The fourth-order valence-corrected chi connectivity index (χ4v) is 10.1. The van der Waals surface area contributed by atoms with E-state index in [-0.39, 0.29) is 52.0 Å². The minimum absolute atomic E-state index is 0.0216. The number of fused-ring (bicyclic) bond motifs is 1. The second kappa shape index (κ2) is 14.0. The molecule has 0 aromatic rings. The van der Waals surface area contributed by atoms with E-state index in [0.29, 0.717) is 32.5 Å². The largest absolute Gasteiger partial charge is 0.363 e. The van der Waals surface area contributed by atoms with Crippen molar-refractivity contribution in [2.24, 2.45) is 39.2 Å². The highest BCUT2D eigenvalue weighted by molar-refractivity contribution is 6.37. The summed E-state index contributed by atoms with van der Waals surface area (Å²) in [7, 11) is 0. The first-order valence-corrected chi connectivity index (χ1v) is 19.2. The number of nitrogens with zero attached hydrogens (tertiary/aromatic N) is 2. The Morgan fingerprint density at radius 3 is 1.94 bits per heavy atom. The first kappa shape index (κ1) is 39.0. The molecule has 1 unspecified atom stereocenters. The van der Waals surface area contributed by atoms with Crippen LogP contribution in [0.15, 0.2) is 0 Å². The average molecular weight is 714 g/mol. The number of urea groups is 1. The molecule has 2 saturated heterocycles. The number of nitrogens with two attached hydrogens (primary N) is 1. The number of primary amides is 1. The first-order valence-electron chi connectivity index (χ1n) is 19.2. The number of nitrogens with one attached hydrogen (secondary N) is 4. The zero-order chi connectivity index (χ0) is 37.8. The van der Waals surface area contributed by atoms with E-state index in [1.165, 1.54) is 0 Å². The third-order valence-electron chi connectivity index (χ3n) is 13.5. The van der Waals surface area contributed by atoms with Crippen LogP contribution >= 0.6 is 0 Å². The van der Waals surface area contributed by atoms with Gasteiger partial charge < -0.3 is 36.8 Å². The van der Waals surface area contributed by atoms with E-state index in [0.717, 1.165) is 38.5 Å². The van der Waals surface area contributed by atoms with Gasteiger partial charge in [-0.05, 0) is 67.6 Å². The maximum Gasteiger partial charge on any atom is 0.316 e. The van der Waals surface area contributed by atoms with Gasteiger partial charge in [0, 0.05) is 37.1 Å². The zero-order valence-electron chi connectivity index (χ0n) is 32.3. The number of amides is 6. The van der Waals surface area contributed by atoms with Crippen molar-refractivity contribution in [1.29, 1.82) is 0 Å². The van der Waals surface area contributed by atoms with Gasteiger partial charge in [-0.15, -0.1) is 0 Å². The predicted molar refractivity (Wildman–Crippen MR) is 193 cm³/mol. The van der Waals surface area contributed by atoms with Crippen molar-refractivity contribution in [3.05, 3.63) is 0 Å². The molecule has 13 nitrogen and oxygen atoms in total. The lowest BCUT2D eigenvalue weighted by Crippen LogP contribution is -2.63. The van der Waals surface area contributed by atoms with Gasteiger partial charge in [0.2, 0.25) is 23.5 Å². The third kappa shape index (κ3) is 7.00. The summed E-state index contributed by atoms with van der Waals surface area (Å²) in [6.07, 6.45) is 6.80. The van der Waals surface area contributed by atoms with E-state index in [1.54, 1.807) is 9.80 Å². The maximum absolute atomic E-state index is 14.8. The fourth-order valence-electron chi connectivity index (χ4n) is 10.1. The molecule has 2 spiro atoms. The van der Waals surface area contributed by atoms with Crippen LogP contribution in [0.3, 0.4) is 0 Å². The van der Waals surface area contributed by atoms with Crippen LogP contribution in [0.4, 0.5) is 4.79 Å². The van der Waals surface area contributed by atoms with Gasteiger partial charge in [-0.1, -0.05) is 74.1 Å². The fraction of sp³-hybridized carbons (Fsp3) is 0.842. The molecule has 2 heterocycles. The maximum atomic E-state index is 14.8. The normalized spacial score (nSPS) is 29.8. The standard InChI is InChI=1S/C38H63N7O6/c1-21(2)27(32(49)44-18-22(3)40-23(4)19-44)42-34(51)43-29(35(5,6)7)33(50)45-20-38(36(8,9)37(38)14-11-15-37)17-26(45)31(48)41-25(28(46)30(39)47)16-24-12-10-13-24/h21-27,29,40H,10-20H2,1-9H3,(H2,39,47)(H,41,48)(H2,42,43,51)/t22-,23-,25?,26-,27-,29+,38+/m0/s1. The molecule has 286 valence electrons. The van der Waals surface area contributed by atoms with Crippen molar-refractivity contribution < 1.29 is 28.8 Å². The lowest BCUT2D eigenvalue weighted by molar-refractivity contribution is -0.143. The summed E-state index contributed by atoms with van der Waals surface area (Å²) in [6, 6.07) is -4.15. The molecule has 0 bridgehead atoms. The Morgan fingerprint density at radius 2 is 1.49 bits per heavy atom. The summed E-state index contributed by atoms with van der Waals surface area (Å²) in [6.45, 7) is 19.3. The lowest BCUT2D eigenvalue weighted by atomic mass is 9.73. The van der Waals surface area contributed by atoms with Crippen molar-refractivity contribution in [3.63, 3.8) is 0 Å². The molecule has 5 aliphatic rings. The highest BCUT2D eigenvalue weighted by Gasteiger charge is 2.85. The zero-order valence-corrected chi connectivity index (χ0v) is 32.3. The van der Waals surface area contributed by atoms with Gasteiger partial charge in [-0.25, -0.2) is 4.79 Å². The third-order valence-corrected chi connectivity index (χ3v) is 13.5. The van der Waals surface area contributed by atoms with Gasteiger partial charge in [0.25, 0.3) is 5.91 Å². The topological polar surface area (TPSA) is 183 Å². The van der Waals surface area contributed by atoms with E-state index in [4.69, 9.17) is 5.73 Å². The molecule has 5 fully saturated rings. The van der Waals surface area contributed by atoms with Crippen LogP contribution in [0.5, 0.6) is 0 Å². The summed E-state index contributed by atoms with van der Waals surface area (Å²) in [5.74, 6) is -2.92. The number of piperazine rings is 1. The van der Waals surface area contributed by atoms with E-state index in [2.05, 4.69) is 35.1 Å². The minimum Gasteiger partial charge on any atom is -0.363 e. The molecule has 0 radical (unpaired) electrons. The molecule has 51 heavy (non-hydrogen) atoms. The molecule has 6 amide bonds. The molecule has 13 heteroatoms. The second-order valence-electron chi connectivity index (χ2n) is 18.5. The molecule has 3 saturated carbocycles. The van der Waals surface area contributed by atoms with Gasteiger partial charge in [0.15, 0.2) is 0 Å². The Hall–Kier alpha value is -3.22. The number of rotatable bonds is 11.